The van der Waals surface area contributed by atoms with Crippen LogP contribution in [0.5, 0.6) is 0 Å². The summed E-state index contributed by atoms with van der Waals surface area (Å²) in [6, 6.07) is 8.08. The number of ether oxygens (including phenoxy) is 1. The smallest absolute Gasteiger partial charge is 0.407 e. The SMILES string of the molecule is Cc1cn(CC(=O)NC(C)(CNC(=O)OC(C)(C)C)C2CC2)c2ccccc12. The predicted molar refractivity (Wildman–Crippen MR) is 110 cm³/mol. The van der Waals surface area contributed by atoms with Gasteiger partial charge in [0.1, 0.15) is 12.1 Å². The Hall–Kier alpha value is -2.50. The zero-order valence-electron chi connectivity index (χ0n) is 17.5. The highest BCUT2D eigenvalue weighted by molar-refractivity contribution is 5.86. The minimum absolute atomic E-state index is 0.0545. The lowest BCUT2D eigenvalue weighted by molar-refractivity contribution is -0.123. The maximum atomic E-state index is 12.8. The van der Waals surface area contributed by atoms with Crippen molar-refractivity contribution in [1.29, 1.82) is 0 Å². The number of aryl methyl sites for hydroxylation is 1. The lowest BCUT2D eigenvalue weighted by atomic mass is 9.95. The third-order valence-electron chi connectivity index (χ3n) is 5.20. The van der Waals surface area contributed by atoms with Gasteiger partial charge in [0.15, 0.2) is 0 Å². The van der Waals surface area contributed by atoms with Gasteiger partial charge in [-0.3, -0.25) is 4.79 Å². The van der Waals surface area contributed by atoms with Crippen LogP contribution in [0.3, 0.4) is 0 Å². The largest absolute Gasteiger partial charge is 0.444 e. The average Bonchev–Trinajstić information content (AvgIpc) is 3.39. The molecular formula is C22H31N3O3. The van der Waals surface area contributed by atoms with Crippen molar-refractivity contribution in [1.82, 2.24) is 15.2 Å². The Morgan fingerprint density at radius 3 is 2.50 bits per heavy atom. The maximum Gasteiger partial charge on any atom is 0.407 e. The molecule has 152 valence electrons. The second-order valence-electron chi connectivity index (χ2n) is 9.05. The van der Waals surface area contributed by atoms with Gasteiger partial charge in [0, 0.05) is 23.6 Å². The quantitative estimate of drug-likeness (QED) is 0.795. The van der Waals surface area contributed by atoms with Crippen LogP contribution in [0.25, 0.3) is 10.9 Å². The van der Waals surface area contributed by atoms with Crippen LogP contribution >= 0.6 is 0 Å². The number of hydrogen-bond acceptors (Lipinski definition) is 3. The maximum absolute atomic E-state index is 12.8. The van der Waals surface area contributed by atoms with E-state index in [1.165, 1.54) is 0 Å². The highest BCUT2D eigenvalue weighted by Crippen LogP contribution is 2.39. The molecule has 0 radical (unpaired) electrons. The van der Waals surface area contributed by atoms with Crippen LogP contribution in [0.1, 0.15) is 46.1 Å². The van der Waals surface area contributed by atoms with Crippen LogP contribution in [0.2, 0.25) is 0 Å². The molecule has 2 aromatic rings. The first kappa shape index (κ1) is 20.2. The number of nitrogens with one attached hydrogen (secondary N) is 2. The van der Waals surface area contributed by atoms with Crippen molar-refractivity contribution < 1.29 is 14.3 Å². The highest BCUT2D eigenvalue weighted by atomic mass is 16.6. The van der Waals surface area contributed by atoms with Gasteiger partial charge >= 0.3 is 6.09 Å². The number of para-hydroxylation sites is 1. The first-order chi connectivity index (χ1) is 13.1. The zero-order valence-corrected chi connectivity index (χ0v) is 17.5. The molecule has 1 saturated carbocycles. The molecule has 0 spiro atoms. The van der Waals surface area contributed by atoms with E-state index in [4.69, 9.17) is 4.74 Å². The summed E-state index contributed by atoms with van der Waals surface area (Å²) in [5.74, 6) is 0.315. The Bertz CT molecular complexity index is 877. The minimum atomic E-state index is -0.545. The zero-order chi connectivity index (χ0) is 20.5. The number of benzene rings is 1. The van der Waals surface area contributed by atoms with Crippen LogP contribution in [0.4, 0.5) is 4.79 Å². The molecule has 1 heterocycles. The van der Waals surface area contributed by atoms with Gasteiger partial charge in [-0.15, -0.1) is 0 Å². The van der Waals surface area contributed by atoms with Gasteiger partial charge < -0.3 is 19.9 Å². The van der Waals surface area contributed by atoms with Crippen LogP contribution in [0, 0.1) is 12.8 Å². The first-order valence-electron chi connectivity index (χ1n) is 9.90. The summed E-state index contributed by atoms with van der Waals surface area (Å²) in [6.07, 6.45) is 3.66. The fourth-order valence-electron chi connectivity index (χ4n) is 3.65. The summed E-state index contributed by atoms with van der Waals surface area (Å²) < 4.78 is 7.30. The lowest BCUT2D eigenvalue weighted by Crippen LogP contribution is -2.56. The molecule has 1 fully saturated rings. The van der Waals surface area contributed by atoms with E-state index in [2.05, 4.69) is 23.6 Å². The van der Waals surface area contributed by atoms with E-state index >= 15 is 0 Å². The molecule has 1 aliphatic rings. The molecule has 1 atom stereocenters. The topological polar surface area (TPSA) is 72.4 Å². The normalized spacial score (nSPS) is 16.5. The third-order valence-corrected chi connectivity index (χ3v) is 5.20. The Labute approximate surface area is 166 Å². The Kier molecular flexibility index (Phi) is 5.41. The van der Waals surface area contributed by atoms with Crippen molar-refractivity contribution >= 4 is 22.9 Å². The van der Waals surface area contributed by atoms with Crippen molar-refractivity contribution in [3.8, 4) is 0 Å². The molecule has 1 aromatic carbocycles. The number of fused-ring (bicyclic) bond motifs is 1. The molecule has 28 heavy (non-hydrogen) atoms. The molecule has 1 unspecified atom stereocenters. The van der Waals surface area contributed by atoms with Gasteiger partial charge in [0.2, 0.25) is 5.91 Å². The number of carbonyl (C=O) groups excluding carboxylic acids is 2. The lowest BCUT2D eigenvalue weighted by Gasteiger charge is -2.32. The summed E-state index contributed by atoms with van der Waals surface area (Å²) in [6.45, 7) is 10.1. The first-order valence-corrected chi connectivity index (χ1v) is 9.90. The molecular weight excluding hydrogens is 354 g/mol. The molecule has 6 nitrogen and oxygen atoms in total. The number of aromatic nitrogens is 1. The van der Waals surface area contributed by atoms with Crippen LogP contribution in [-0.4, -0.2) is 34.3 Å². The van der Waals surface area contributed by atoms with Crippen LogP contribution in [-0.2, 0) is 16.1 Å². The Morgan fingerprint density at radius 1 is 1.18 bits per heavy atom. The van der Waals surface area contributed by atoms with E-state index in [-0.39, 0.29) is 12.5 Å². The summed E-state index contributed by atoms with van der Waals surface area (Å²) in [5.41, 5.74) is 1.18. The summed E-state index contributed by atoms with van der Waals surface area (Å²) >= 11 is 0. The molecule has 0 saturated heterocycles. The van der Waals surface area contributed by atoms with Gasteiger partial charge in [-0.1, -0.05) is 18.2 Å². The van der Waals surface area contributed by atoms with Crippen LogP contribution < -0.4 is 10.6 Å². The second kappa shape index (κ2) is 7.49. The van der Waals surface area contributed by atoms with E-state index in [0.717, 1.165) is 29.3 Å². The van der Waals surface area contributed by atoms with Crippen LogP contribution in [0.15, 0.2) is 30.5 Å². The molecule has 3 rings (SSSR count). The number of amides is 2. The Morgan fingerprint density at radius 2 is 1.86 bits per heavy atom. The van der Waals surface area contributed by atoms with E-state index in [9.17, 15) is 9.59 Å². The average molecular weight is 386 g/mol. The van der Waals surface area contributed by atoms with E-state index in [1.54, 1.807) is 0 Å². The number of rotatable bonds is 6. The molecule has 0 bridgehead atoms. The monoisotopic (exact) mass is 385 g/mol. The van der Waals surface area contributed by atoms with Crippen molar-refractivity contribution in [3.05, 3.63) is 36.0 Å². The van der Waals surface area contributed by atoms with Gasteiger partial charge in [-0.05, 0) is 65.0 Å². The highest BCUT2D eigenvalue weighted by Gasteiger charge is 2.43. The fourth-order valence-corrected chi connectivity index (χ4v) is 3.65. The third kappa shape index (κ3) is 4.86. The number of hydrogen-bond donors (Lipinski definition) is 2. The van der Waals surface area contributed by atoms with Crippen molar-refractivity contribution in [2.75, 3.05) is 6.54 Å². The molecule has 0 aliphatic heterocycles. The van der Waals surface area contributed by atoms with E-state index < -0.39 is 17.2 Å². The van der Waals surface area contributed by atoms with E-state index in [1.807, 2.05) is 56.7 Å². The Balaban J connectivity index is 1.65. The molecule has 2 N–H and O–H groups in total. The summed E-state index contributed by atoms with van der Waals surface area (Å²) in [5, 5.41) is 7.15. The van der Waals surface area contributed by atoms with Crippen molar-refractivity contribution in [3.63, 3.8) is 0 Å². The van der Waals surface area contributed by atoms with Gasteiger partial charge in [0.05, 0.1) is 5.54 Å². The number of nitrogens with zero attached hydrogens (tertiary/aromatic N) is 1. The molecule has 1 aromatic heterocycles. The summed E-state index contributed by atoms with van der Waals surface area (Å²) in [4.78, 5) is 24.8. The fraction of sp³-hybridized carbons (Fsp3) is 0.545. The number of carbonyl (C=O) groups is 2. The van der Waals surface area contributed by atoms with Crippen molar-refractivity contribution in [2.24, 2.45) is 5.92 Å². The van der Waals surface area contributed by atoms with Gasteiger partial charge in [0.25, 0.3) is 0 Å². The van der Waals surface area contributed by atoms with E-state index in [0.29, 0.717) is 12.5 Å². The standard InChI is InChI=1S/C22H31N3O3/c1-15-12-25(18-9-7-6-8-17(15)18)13-19(26)24-22(5,16-10-11-16)14-23-20(27)28-21(2,3)4/h6-9,12,16H,10-11,13-14H2,1-5H3,(H,23,27)(H,24,26). The molecule has 6 heteroatoms. The van der Waals surface area contributed by atoms with Gasteiger partial charge in [-0.25, -0.2) is 4.79 Å². The molecule has 2 amide bonds. The van der Waals surface area contributed by atoms with Crippen molar-refractivity contribution in [2.45, 2.75) is 65.1 Å². The second-order valence-corrected chi connectivity index (χ2v) is 9.05. The summed E-state index contributed by atoms with van der Waals surface area (Å²) in [7, 11) is 0. The minimum Gasteiger partial charge on any atom is -0.444 e. The predicted octanol–water partition coefficient (Wildman–Crippen LogP) is 3.76. The number of alkyl carbamates (subject to hydrolysis) is 1. The van der Waals surface area contributed by atoms with Gasteiger partial charge in [-0.2, -0.15) is 0 Å². The molecule has 1 aliphatic carbocycles.